The van der Waals surface area contributed by atoms with Gasteiger partial charge in [-0.05, 0) is 29.8 Å². The molecular formula is C16H11ClO3. The third-order valence-electron chi connectivity index (χ3n) is 3.83. The van der Waals surface area contributed by atoms with Crippen LogP contribution in [0.4, 0.5) is 0 Å². The Bertz CT molecular complexity index is 695. The van der Waals surface area contributed by atoms with Gasteiger partial charge in [-0.1, -0.05) is 35.9 Å². The quantitative estimate of drug-likeness (QED) is 0.754. The van der Waals surface area contributed by atoms with Crippen molar-refractivity contribution in [2.45, 2.75) is 11.7 Å². The van der Waals surface area contributed by atoms with E-state index >= 15 is 0 Å². The van der Waals surface area contributed by atoms with Crippen molar-refractivity contribution in [1.82, 2.24) is 0 Å². The molecule has 0 N–H and O–H groups in total. The van der Waals surface area contributed by atoms with Crippen LogP contribution in [-0.4, -0.2) is 18.0 Å². The summed E-state index contributed by atoms with van der Waals surface area (Å²) in [6.45, 7) is 0.260. The average molecular weight is 287 g/mol. The Kier molecular flexibility index (Phi) is 2.43. The molecule has 3 nitrogen and oxygen atoms in total. The van der Waals surface area contributed by atoms with E-state index in [0.717, 1.165) is 5.56 Å². The van der Waals surface area contributed by atoms with Crippen molar-refractivity contribution in [2.24, 2.45) is 0 Å². The zero-order valence-electron chi connectivity index (χ0n) is 10.5. The number of Topliss-reactive ketones (excluding diaryl/α,β-unsaturated/α-hetero) is 1. The Hall–Kier alpha value is -1.84. The molecule has 0 amide bonds. The lowest BCUT2D eigenvalue weighted by molar-refractivity contribution is 0.0755. The van der Waals surface area contributed by atoms with Crippen LogP contribution in [0.2, 0.25) is 5.02 Å². The lowest BCUT2D eigenvalue weighted by Crippen LogP contribution is -2.37. The molecular weight excluding hydrogens is 276 g/mol. The molecule has 0 aromatic heterocycles. The minimum absolute atomic E-state index is 0.000648. The molecule has 100 valence electrons. The van der Waals surface area contributed by atoms with Crippen molar-refractivity contribution in [2.75, 3.05) is 6.61 Å². The van der Waals surface area contributed by atoms with E-state index in [1.807, 2.05) is 24.3 Å². The van der Waals surface area contributed by atoms with E-state index < -0.39 is 5.60 Å². The van der Waals surface area contributed by atoms with Gasteiger partial charge >= 0.3 is 0 Å². The fourth-order valence-corrected chi connectivity index (χ4v) is 2.82. The maximum Gasteiger partial charge on any atom is 0.205 e. The van der Waals surface area contributed by atoms with Gasteiger partial charge in [0.05, 0.1) is 5.56 Å². The number of hydrogen-bond donors (Lipinski definition) is 0. The van der Waals surface area contributed by atoms with Crippen LogP contribution in [0.1, 0.15) is 22.0 Å². The minimum atomic E-state index is -0.859. The zero-order valence-corrected chi connectivity index (χ0v) is 11.3. The van der Waals surface area contributed by atoms with E-state index in [0.29, 0.717) is 16.3 Å². The number of rotatable bonds is 1. The van der Waals surface area contributed by atoms with Crippen LogP contribution >= 0.6 is 11.6 Å². The van der Waals surface area contributed by atoms with Crippen LogP contribution in [0, 0.1) is 0 Å². The van der Waals surface area contributed by atoms with Gasteiger partial charge < -0.3 is 9.47 Å². The molecule has 1 saturated heterocycles. The SMILES string of the molecule is O=C1c2ccccc2OC[C@]12O[C@@H]2c1ccc(Cl)cc1. The number of ketones is 1. The molecule has 0 bridgehead atoms. The first-order chi connectivity index (χ1) is 9.71. The number of fused-ring (bicyclic) bond motifs is 1. The summed E-state index contributed by atoms with van der Waals surface area (Å²) in [5.74, 6) is 0.632. The molecule has 2 atom stereocenters. The van der Waals surface area contributed by atoms with Gasteiger partial charge in [-0.3, -0.25) is 4.79 Å². The van der Waals surface area contributed by atoms with Gasteiger partial charge in [-0.15, -0.1) is 0 Å². The zero-order chi connectivity index (χ0) is 13.7. The fourth-order valence-electron chi connectivity index (χ4n) is 2.69. The van der Waals surface area contributed by atoms with E-state index in [-0.39, 0.29) is 18.5 Å². The maximum atomic E-state index is 12.6. The maximum absolute atomic E-state index is 12.6. The number of para-hydroxylation sites is 1. The lowest BCUT2D eigenvalue weighted by Gasteiger charge is -2.21. The summed E-state index contributed by atoms with van der Waals surface area (Å²) in [6, 6.07) is 14.6. The normalized spacial score (nSPS) is 27.1. The molecule has 0 aliphatic carbocycles. The van der Waals surface area contributed by atoms with Crippen LogP contribution in [0.5, 0.6) is 5.75 Å². The molecule has 0 saturated carbocycles. The first kappa shape index (κ1) is 11.9. The number of epoxide rings is 1. The molecule has 4 rings (SSSR count). The lowest BCUT2D eigenvalue weighted by atomic mass is 9.89. The topological polar surface area (TPSA) is 38.8 Å². The van der Waals surface area contributed by atoms with Gasteiger partial charge in [0.2, 0.25) is 5.78 Å². The van der Waals surface area contributed by atoms with Crippen molar-refractivity contribution < 1.29 is 14.3 Å². The van der Waals surface area contributed by atoms with Crippen molar-refractivity contribution in [3.05, 3.63) is 64.7 Å². The van der Waals surface area contributed by atoms with Crippen molar-refractivity contribution in [1.29, 1.82) is 0 Å². The van der Waals surface area contributed by atoms with Crippen LogP contribution < -0.4 is 4.74 Å². The average Bonchev–Trinajstić information content (AvgIpc) is 3.20. The second-order valence-electron chi connectivity index (χ2n) is 5.05. The number of halogens is 1. The van der Waals surface area contributed by atoms with E-state index in [4.69, 9.17) is 21.1 Å². The molecule has 2 aromatic carbocycles. The highest BCUT2D eigenvalue weighted by molar-refractivity contribution is 6.30. The van der Waals surface area contributed by atoms with Gasteiger partial charge in [0.1, 0.15) is 18.5 Å². The summed E-state index contributed by atoms with van der Waals surface area (Å²) in [7, 11) is 0. The molecule has 2 aliphatic rings. The van der Waals surface area contributed by atoms with Crippen LogP contribution in [-0.2, 0) is 4.74 Å². The van der Waals surface area contributed by atoms with Gasteiger partial charge in [0, 0.05) is 5.02 Å². The largest absolute Gasteiger partial charge is 0.489 e. The van der Waals surface area contributed by atoms with Gasteiger partial charge in [-0.2, -0.15) is 0 Å². The van der Waals surface area contributed by atoms with Crippen LogP contribution in [0.3, 0.4) is 0 Å². The highest BCUT2D eigenvalue weighted by Gasteiger charge is 2.65. The molecule has 1 spiro atoms. The Morgan fingerprint density at radius 2 is 1.85 bits per heavy atom. The third-order valence-corrected chi connectivity index (χ3v) is 4.08. The molecule has 2 heterocycles. The summed E-state index contributed by atoms with van der Waals surface area (Å²) in [6.07, 6.45) is -0.249. The van der Waals surface area contributed by atoms with Gasteiger partial charge in [0.15, 0.2) is 5.60 Å². The van der Waals surface area contributed by atoms with Crippen molar-refractivity contribution in [3.8, 4) is 5.75 Å². The summed E-state index contributed by atoms with van der Waals surface area (Å²) in [5, 5.41) is 0.667. The first-order valence-corrected chi connectivity index (χ1v) is 6.78. The Labute approximate surface area is 121 Å². The molecule has 0 unspecified atom stereocenters. The number of hydrogen-bond acceptors (Lipinski definition) is 3. The Morgan fingerprint density at radius 3 is 2.65 bits per heavy atom. The smallest absolute Gasteiger partial charge is 0.205 e. The number of ether oxygens (including phenoxy) is 2. The predicted molar refractivity (Wildman–Crippen MR) is 74.3 cm³/mol. The van der Waals surface area contributed by atoms with E-state index in [9.17, 15) is 4.79 Å². The van der Waals surface area contributed by atoms with Gasteiger partial charge in [-0.25, -0.2) is 0 Å². The molecule has 20 heavy (non-hydrogen) atoms. The van der Waals surface area contributed by atoms with Gasteiger partial charge in [0.25, 0.3) is 0 Å². The van der Waals surface area contributed by atoms with E-state index in [1.165, 1.54) is 0 Å². The Balaban J connectivity index is 1.69. The molecule has 0 radical (unpaired) electrons. The number of carbonyl (C=O) groups excluding carboxylic acids is 1. The van der Waals surface area contributed by atoms with Crippen LogP contribution in [0.15, 0.2) is 48.5 Å². The summed E-state index contributed by atoms with van der Waals surface area (Å²) in [5.41, 5.74) is 0.684. The fraction of sp³-hybridized carbons (Fsp3) is 0.188. The third kappa shape index (κ3) is 1.60. The summed E-state index contributed by atoms with van der Waals surface area (Å²) >= 11 is 5.88. The van der Waals surface area contributed by atoms with E-state index in [1.54, 1.807) is 24.3 Å². The van der Waals surface area contributed by atoms with Crippen molar-refractivity contribution in [3.63, 3.8) is 0 Å². The monoisotopic (exact) mass is 286 g/mol. The summed E-state index contributed by atoms with van der Waals surface area (Å²) in [4.78, 5) is 12.6. The molecule has 4 heteroatoms. The first-order valence-electron chi connectivity index (χ1n) is 6.41. The second-order valence-corrected chi connectivity index (χ2v) is 5.49. The molecule has 2 aromatic rings. The van der Waals surface area contributed by atoms with E-state index in [2.05, 4.69) is 0 Å². The number of benzene rings is 2. The van der Waals surface area contributed by atoms with Crippen LogP contribution in [0.25, 0.3) is 0 Å². The highest BCUT2D eigenvalue weighted by Crippen LogP contribution is 2.54. The standard InChI is InChI=1S/C16H11ClO3/c17-11-7-5-10(6-8-11)15-16(20-15)9-19-13-4-2-1-3-12(13)14(16)18/h1-8,15H,9H2/t15-,16+/m1/s1. The van der Waals surface area contributed by atoms with Crippen molar-refractivity contribution >= 4 is 17.4 Å². The predicted octanol–water partition coefficient (Wildman–Crippen LogP) is 3.43. The highest BCUT2D eigenvalue weighted by atomic mass is 35.5. The molecule has 2 aliphatic heterocycles. The molecule has 1 fully saturated rings. The number of carbonyl (C=O) groups is 1. The summed E-state index contributed by atoms with van der Waals surface area (Å²) < 4.78 is 11.4. The Morgan fingerprint density at radius 1 is 1.10 bits per heavy atom. The second kappa shape index (κ2) is 4.08. The minimum Gasteiger partial charge on any atom is -0.489 e.